The predicted molar refractivity (Wildman–Crippen MR) is 133 cm³/mol. The fourth-order valence-corrected chi connectivity index (χ4v) is 5.29. The molecule has 1 aliphatic carbocycles. The molecule has 2 unspecified atom stereocenters. The van der Waals surface area contributed by atoms with Crippen LogP contribution in [0.2, 0.25) is 0 Å². The Morgan fingerprint density at radius 3 is 2.20 bits per heavy atom. The summed E-state index contributed by atoms with van der Waals surface area (Å²) in [5.74, 6) is -1.62. The standard InChI is InChI=1S/C28H34N2O5/c1-17(2)14-25(26(31)30-15-19(27(32)33)13-12-18(30)3)29-28(34)35-16-24-22-10-6-4-8-20(22)21-9-5-7-11-23(21)24/h4-11,17-19,24-25H,12-16H2,1-3H3,(H,29,34)(H,32,33)/t18?,19?,25-/m1/s1. The molecule has 1 fully saturated rings. The molecule has 186 valence electrons. The number of nitrogens with zero attached hydrogens (tertiary/aromatic N) is 1. The summed E-state index contributed by atoms with van der Waals surface area (Å²) in [5.41, 5.74) is 4.55. The molecule has 35 heavy (non-hydrogen) atoms. The van der Waals surface area contributed by atoms with Gasteiger partial charge in [0.2, 0.25) is 5.91 Å². The van der Waals surface area contributed by atoms with Crippen LogP contribution in [-0.2, 0) is 14.3 Å². The number of carbonyl (C=O) groups excluding carboxylic acids is 2. The van der Waals surface area contributed by atoms with E-state index in [9.17, 15) is 19.5 Å². The number of nitrogens with one attached hydrogen (secondary N) is 1. The number of likely N-dealkylation sites (tertiary alicyclic amines) is 1. The molecule has 0 radical (unpaired) electrons. The number of carboxylic acid groups (broad SMARTS) is 1. The molecule has 1 saturated heterocycles. The molecule has 1 aliphatic heterocycles. The average molecular weight is 479 g/mol. The molecule has 3 atom stereocenters. The van der Waals surface area contributed by atoms with Gasteiger partial charge in [-0.05, 0) is 54.4 Å². The summed E-state index contributed by atoms with van der Waals surface area (Å²) in [6, 6.07) is 15.4. The zero-order chi connectivity index (χ0) is 25.1. The van der Waals surface area contributed by atoms with Gasteiger partial charge in [0.05, 0.1) is 5.92 Å². The van der Waals surface area contributed by atoms with Crippen molar-refractivity contribution in [3.63, 3.8) is 0 Å². The quantitative estimate of drug-likeness (QED) is 0.604. The van der Waals surface area contributed by atoms with E-state index in [-0.39, 0.29) is 36.9 Å². The Morgan fingerprint density at radius 2 is 1.63 bits per heavy atom. The number of ether oxygens (including phenoxy) is 1. The summed E-state index contributed by atoms with van der Waals surface area (Å²) in [5, 5.41) is 12.2. The number of carbonyl (C=O) groups is 3. The van der Waals surface area contributed by atoms with E-state index in [0.29, 0.717) is 19.3 Å². The molecule has 0 saturated carbocycles. The van der Waals surface area contributed by atoms with Crippen molar-refractivity contribution in [3.8, 4) is 11.1 Å². The van der Waals surface area contributed by atoms with Crippen LogP contribution < -0.4 is 5.32 Å². The van der Waals surface area contributed by atoms with Crippen LogP contribution in [0.15, 0.2) is 48.5 Å². The number of aliphatic carboxylic acids is 1. The second kappa shape index (κ2) is 10.5. The monoisotopic (exact) mass is 478 g/mol. The fourth-order valence-electron chi connectivity index (χ4n) is 5.29. The lowest BCUT2D eigenvalue weighted by Gasteiger charge is -2.38. The number of fused-ring (bicyclic) bond motifs is 3. The second-order valence-corrected chi connectivity index (χ2v) is 10.1. The maximum Gasteiger partial charge on any atom is 0.407 e. The summed E-state index contributed by atoms with van der Waals surface area (Å²) >= 11 is 0. The van der Waals surface area contributed by atoms with Gasteiger partial charge in [-0.3, -0.25) is 9.59 Å². The molecule has 2 N–H and O–H groups in total. The van der Waals surface area contributed by atoms with Crippen LogP contribution in [0.4, 0.5) is 4.79 Å². The number of piperidine rings is 1. The topological polar surface area (TPSA) is 95.9 Å². The zero-order valence-electron chi connectivity index (χ0n) is 20.6. The minimum absolute atomic E-state index is 0.0640. The molecule has 4 rings (SSSR count). The van der Waals surface area contributed by atoms with Gasteiger partial charge in [-0.15, -0.1) is 0 Å². The minimum atomic E-state index is -0.889. The number of carboxylic acids is 1. The predicted octanol–water partition coefficient (Wildman–Crippen LogP) is 4.65. The zero-order valence-corrected chi connectivity index (χ0v) is 20.6. The molecule has 7 heteroatoms. The van der Waals surface area contributed by atoms with Crippen molar-refractivity contribution in [2.45, 2.75) is 58.0 Å². The van der Waals surface area contributed by atoms with E-state index in [1.165, 1.54) is 0 Å². The van der Waals surface area contributed by atoms with Crippen molar-refractivity contribution in [3.05, 3.63) is 59.7 Å². The molecule has 2 aliphatic rings. The summed E-state index contributed by atoms with van der Waals surface area (Å²) in [6.07, 6.45) is 0.992. The molecule has 0 aromatic heterocycles. The van der Waals surface area contributed by atoms with Gasteiger partial charge in [0.1, 0.15) is 12.6 Å². The Kier molecular flexibility index (Phi) is 7.43. The highest BCUT2D eigenvalue weighted by Gasteiger charge is 2.37. The van der Waals surface area contributed by atoms with Crippen molar-refractivity contribution in [1.29, 1.82) is 0 Å². The van der Waals surface area contributed by atoms with Crippen LogP contribution in [0.25, 0.3) is 11.1 Å². The first-order chi connectivity index (χ1) is 16.8. The Bertz CT molecular complexity index is 1050. The van der Waals surface area contributed by atoms with Crippen molar-refractivity contribution in [2.75, 3.05) is 13.2 Å². The third-order valence-electron chi connectivity index (χ3n) is 7.16. The third-order valence-corrected chi connectivity index (χ3v) is 7.16. The number of benzene rings is 2. The molecular weight excluding hydrogens is 444 g/mol. The first-order valence-corrected chi connectivity index (χ1v) is 12.4. The highest BCUT2D eigenvalue weighted by molar-refractivity contribution is 5.86. The number of hydrogen-bond donors (Lipinski definition) is 2. The highest BCUT2D eigenvalue weighted by Crippen LogP contribution is 2.44. The van der Waals surface area contributed by atoms with Gasteiger partial charge in [-0.1, -0.05) is 62.4 Å². The van der Waals surface area contributed by atoms with Gasteiger partial charge in [-0.25, -0.2) is 4.79 Å². The highest BCUT2D eigenvalue weighted by atomic mass is 16.5. The summed E-state index contributed by atoms with van der Waals surface area (Å²) in [7, 11) is 0. The van der Waals surface area contributed by atoms with Crippen molar-refractivity contribution < 1.29 is 24.2 Å². The van der Waals surface area contributed by atoms with Gasteiger partial charge >= 0.3 is 12.1 Å². The normalized spacial score (nSPS) is 20.2. The smallest absolute Gasteiger partial charge is 0.407 e. The number of hydrogen-bond acceptors (Lipinski definition) is 4. The molecular formula is C28H34N2O5. The molecule has 2 aromatic rings. The molecule has 0 bridgehead atoms. The summed E-state index contributed by atoms with van der Waals surface area (Å²) in [6.45, 7) is 6.23. The Morgan fingerprint density at radius 1 is 1.03 bits per heavy atom. The Hall–Kier alpha value is -3.35. The van der Waals surface area contributed by atoms with Crippen LogP contribution in [0, 0.1) is 11.8 Å². The van der Waals surface area contributed by atoms with Gasteiger partial charge < -0.3 is 20.1 Å². The molecule has 2 amide bonds. The van der Waals surface area contributed by atoms with Gasteiger partial charge in [0.15, 0.2) is 0 Å². The lowest BCUT2D eigenvalue weighted by atomic mass is 9.92. The van der Waals surface area contributed by atoms with Crippen molar-refractivity contribution in [2.24, 2.45) is 11.8 Å². The first-order valence-electron chi connectivity index (χ1n) is 12.4. The van der Waals surface area contributed by atoms with E-state index < -0.39 is 24.0 Å². The van der Waals surface area contributed by atoms with Crippen LogP contribution in [0.5, 0.6) is 0 Å². The molecule has 0 spiro atoms. The van der Waals surface area contributed by atoms with Crippen LogP contribution in [0.3, 0.4) is 0 Å². The Labute approximate surface area is 206 Å². The molecule has 2 aromatic carbocycles. The number of rotatable bonds is 7. The van der Waals surface area contributed by atoms with E-state index in [1.807, 2.05) is 45.0 Å². The third kappa shape index (κ3) is 5.34. The van der Waals surface area contributed by atoms with Crippen LogP contribution in [0.1, 0.15) is 57.1 Å². The van der Waals surface area contributed by atoms with E-state index in [4.69, 9.17) is 4.74 Å². The number of alkyl carbamates (subject to hydrolysis) is 1. The van der Waals surface area contributed by atoms with Gasteiger partial charge in [-0.2, -0.15) is 0 Å². The SMILES string of the molecule is CC(C)C[C@@H](NC(=O)OCC1c2ccccc2-c2ccccc21)C(=O)N1CC(C(=O)O)CCC1C. The lowest BCUT2D eigenvalue weighted by molar-refractivity contribution is -0.148. The Balaban J connectivity index is 1.44. The van der Waals surface area contributed by atoms with Crippen molar-refractivity contribution >= 4 is 18.0 Å². The van der Waals surface area contributed by atoms with E-state index in [0.717, 1.165) is 22.3 Å². The van der Waals surface area contributed by atoms with Gasteiger partial charge in [0.25, 0.3) is 0 Å². The lowest BCUT2D eigenvalue weighted by Crippen LogP contribution is -2.55. The minimum Gasteiger partial charge on any atom is -0.481 e. The molecule has 7 nitrogen and oxygen atoms in total. The maximum atomic E-state index is 13.4. The largest absolute Gasteiger partial charge is 0.481 e. The first kappa shape index (κ1) is 24.8. The average Bonchev–Trinajstić information content (AvgIpc) is 3.15. The molecule has 1 heterocycles. The van der Waals surface area contributed by atoms with Gasteiger partial charge in [0, 0.05) is 18.5 Å². The number of amides is 2. The maximum absolute atomic E-state index is 13.4. The van der Waals surface area contributed by atoms with E-state index in [2.05, 4.69) is 29.6 Å². The van der Waals surface area contributed by atoms with Crippen LogP contribution in [-0.4, -0.2) is 53.2 Å². The second-order valence-electron chi connectivity index (χ2n) is 10.1. The summed E-state index contributed by atoms with van der Waals surface area (Å²) in [4.78, 5) is 39.4. The van der Waals surface area contributed by atoms with E-state index >= 15 is 0 Å². The van der Waals surface area contributed by atoms with Crippen molar-refractivity contribution in [1.82, 2.24) is 10.2 Å². The summed E-state index contributed by atoms with van der Waals surface area (Å²) < 4.78 is 5.66. The van der Waals surface area contributed by atoms with E-state index in [1.54, 1.807) is 4.90 Å². The fraction of sp³-hybridized carbons (Fsp3) is 0.464. The van der Waals surface area contributed by atoms with Crippen LogP contribution >= 0.6 is 0 Å².